The summed E-state index contributed by atoms with van der Waals surface area (Å²) in [5.41, 5.74) is 1.40. The molecule has 0 spiro atoms. The minimum atomic E-state index is 0.0657. The highest BCUT2D eigenvalue weighted by molar-refractivity contribution is 9.10. The lowest BCUT2D eigenvalue weighted by Crippen LogP contribution is -2.49. The van der Waals surface area contributed by atoms with Gasteiger partial charge in [0.15, 0.2) is 5.11 Å². The molecule has 5 heteroatoms. The zero-order valence-corrected chi connectivity index (χ0v) is 14.8. The molecule has 114 valence electrons. The van der Waals surface area contributed by atoms with Gasteiger partial charge in [-0.3, -0.25) is 0 Å². The predicted octanol–water partition coefficient (Wildman–Crippen LogP) is 3.00. The summed E-state index contributed by atoms with van der Waals surface area (Å²) in [5.74, 6) is 0. The van der Waals surface area contributed by atoms with Crippen LogP contribution in [-0.2, 0) is 5.54 Å². The first kappa shape index (κ1) is 15.3. The van der Waals surface area contributed by atoms with Crippen molar-refractivity contribution in [2.75, 3.05) is 20.1 Å². The van der Waals surface area contributed by atoms with E-state index in [9.17, 15) is 0 Å². The third-order valence-corrected chi connectivity index (χ3v) is 5.30. The number of hydrogen-bond donors (Lipinski definition) is 2. The Morgan fingerprint density at radius 2 is 1.86 bits per heavy atom. The van der Waals surface area contributed by atoms with E-state index in [1.807, 2.05) is 0 Å². The molecule has 1 heterocycles. The third kappa shape index (κ3) is 3.76. The lowest BCUT2D eigenvalue weighted by molar-refractivity contribution is 0.246. The van der Waals surface area contributed by atoms with Crippen molar-refractivity contribution in [1.29, 1.82) is 0 Å². The first-order valence-electron chi connectivity index (χ1n) is 7.61. The smallest absolute Gasteiger partial charge is 0.167 e. The lowest BCUT2D eigenvalue weighted by atomic mass is 10.0. The number of halogens is 1. The molecular formula is C16H22BrN3S. The summed E-state index contributed by atoms with van der Waals surface area (Å²) >= 11 is 9.02. The van der Waals surface area contributed by atoms with Gasteiger partial charge in [-0.2, -0.15) is 0 Å². The van der Waals surface area contributed by atoms with E-state index in [1.165, 1.54) is 18.4 Å². The number of likely N-dealkylation sites (tertiary alicyclic amines) is 1. The molecule has 0 amide bonds. The normalized spacial score (nSPS) is 21.8. The maximum atomic E-state index is 5.53. The molecular weight excluding hydrogens is 346 g/mol. The van der Waals surface area contributed by atoms with Crippen molar-refractivity contribution in [3.63, 3.8) is 0 Å². The van der Waals surface area contributed by atoms with Crippen LogP contribution in [0.1, 0.15) is 31.2 Å². The highest BCUT2D eigenvalue weighted by Crippen LogP contribution is 2.45. The van der Waals surface area contributed by atoms with E-state index in [2.05, 4.69) is 62.8 Å². The van der Waals surface area contributed by atoms with Crippen LogP contribution in [0.25, 0.3) is 0 Å². The van der Waals surface area contributed by atoms with E-state index in [0.29, 0.717) is 6.04 Å². The lowest BCUT2D eigenvalue weighted by Gasteiger charge is -2.31. The van der Waals surface area contributed by atoms with Gasteiger partial charge in [-0.25, -0.2) is 0 Å². The summed E-state index contributed by atoms with van der Waals surface area (Å²) in [6, 6.07) is 9.08. The second-order valence-corrected chi connectivity index (χ2v) is 7.59. The molecule has 2 N–H and O–H groups in total. The summed E-state index contributed by atoms with van der Waals surface area (Å²) in [6.45, 7) is 2.30. The maximum absolute atomic E-state index is 5.53. The van der Waals surface area contributed by atoms with E-state index < -0.39 is 0 Å². The van der Waals surface area contributed by atoms with Crippen LogP contribution in [0.5, 0.6) is 0 Å². The first-order chi connectivity index (χ1) is 10.1. The van der Waals surface area contributed by atoms with Gasteiger partial charge in [-0.15, -0.1) is 0 Å². The molecule has 0 radical (unpaired) electrons. The summed E-state index contributed by atoms with van der Waals surface area (Å²) in [7, 11) is 2.18. The number of benzene rings is 1. The van der Waals surface area contributed by atoms with Crippen molar-refractivity contribution in [3.05, 3.63) is 34.3 Å². The fraction of sp³-hybridized carbons (Fsp3) is 0.562. The van der Waals surface area contributed by atoms with Crippen molar-refractivity contribution in [3.8, 4) is 0 Å². The van der Waals surface area contributed by atoms with E-state index in [0.717, 1.165) is 35.5 Å². The highest BCUT2D eigenvalue weighted by Gasteiger charge is 2.45. The van der Waals surface area contributed by atoms with Crippen molar-refractivity contribution in [1.82, 2.24) is 15.5 Å². The first-order valence-corrected chi connectivity index (χ1v) is 8.81. The fourth-order valence-electron chi connectivity index (χ4n) is 2.97. The summed E-state index contributed by atoms with van der Waals surface area (Å²) in [5, 5.41) is 7.86. The minimum absolute atomic E-state index is 0.0657. The molecule has 1 aliphatic carbocycles. The average molecular weight is 368 g/mol. The van der Waals surface area contributed by atoms with Gasteiger partial charge in [0.1, 0.15) is 0 Å². The van der Waals surface area contributed by atoms with Gasteiger partial charge < -0.3 is 15.5 Å². The van der Waals surface area contributed by atoms with Gasteiger partial charge in [0.2, 0.25) is 0 Å². The molecule has 2 fully saturated rings. The average Bonchev–Trinajstić information content (AvgIpc) is 3.23. The number of piperidine rings is 1. The molecule has 0 unspecified atom stereocenters. The second kappa shape index (κ2) is 6.23. The molecule has 21 heavy (non-hydrogen) atoms. The van der Waals surface area contributed by atoms with Gasteiger partial charge in [0, 0.05) is 10.5 Å². The molecule has 1 saturated carbocycles. The van der Waals surface area contributed by atoms with E-state index in [-0.39, 0.29) is 5.54 Å². The fourth-order valence-corrected chi connectivity index (χ4v) is 3.60. The third-order valence-electron chi connectivity index (χ3n) is 4.55. The molecule has 1 saturated heterocycles. The number of nitrogens with one attached hydrogen (secondary N) is 2. The van der Waals surface area contributed by atoms with Crippen LogP contribution in [0, 0.1) is 0 Å². The van der Waals surface area contributed by atoms with Crippen molar-refractivity contribution >= 4 is 33.3 Å². The van der Waals surface area contributed by atoms with Gasteiger partial charge in [0.05, 0.1) is 5.54 Å². The molecule has 1 aliphatic heterocycles. The molecule has 2 aliphatic rings. The molecule has 3 rings (SSSR count). The Bertz CT molecular complexity index is 505. The molecule has 0 atom stereocenters. The minimum Gasteiger partial charge on any atom is -0.360 e. The molecule has 3 nitrogen and oxygen atoms in total. The van der Waals surface area contributed by atoms with Gasteiger partial charge in [-0.1, -0.05) is 28.1 Å². The maximum Gasteiger partial charge on any atom is 0.167 e. The van der Waals surface area contributed by atoms with Crippen molar-refractivity contribution in [2.24, 2.45) is 0 Å². The van der Waals surface area contributed by atoms with Crippen LogP contribution < -0.4 is 10.6 Å². The van der Waals surface area contributed by atoms with Crippen LogP contribution in [0.15, 0.2) is 28.7 Å². The highest BCUT2D eigenvalue weighted by atomic mass is 79.9. The zero-order valence-electron chi connectivity index (χ0n) is 12.4. The van der Waals surface area contributed by atoms with Crippen LogP contribution >= 0.6 is 28.1 Å². The molecule has 1 aromatic carbocycles. The Labute approximate surface area is 140 Å². The van der Waals surface area contributed by atoms with Crippen LogP contribution in [0.4, 0.5) is 0 Å². The summed E-state index contributed by atoms with van der Waals surface area (Å²) in [4.78, 5) is 2.37. The molecule has 0 aromatic heterocycles. The number of nitrogens with zero attached hydrogens (tertiary/aromatic N) is 1. The van der Waals surface area contributed by atoms with Gasteiger partial charge >= 0.3 is 0 Å². The van der Waals surface area contributed by atoms with Crippen LogP contribution in [-0.4, -0.2) is 36.2 Å². The largest absolute Gasteiger partial charge is 0.360 e. The SMILES string of the molecule is CN1CCC(NC(=S)NC2(c3ccc(Br)cc3)CC2)CC1. The monoisotopic (exact) mass is 367 g/mol. The Hall–Kier alpha value is -0.650. The quantitative estimate of drug-likeness (QED) is 0.803. The molecule has 1 aromatic rings. The predicted molar refractivity (Wildman–Crippen MR) is 94.4 cm³/mol. The standard InChI is InChI=1S/C16H22BrN3S/c1-20-10-6-14(7-11-20)18-15(21)19-16(8-9-16)12-2-4-13(17)5-3-12/h2-5,14H,6-11H2,1H3,(H2,18,19,21). The molecule has 0 bridgehead atoms. The number of rotatable bonds is 3. The van der Waals surface area contributed by atoms with Crippen LogP contribution in [0.2, 0.25) is 0 Å². The second-order valence-electron chi connectivity index (χ2n) is 6.27. The Morgan fingerprint density at radius 1 is 1.24 bits per heavy atom. The van der Waals surface area contributed by atoms with Gasteiger partial charge in [-0.05, 0) is 75.7 Å². The Kier molecular flexibility index (Phi) is 4.52. The Balaban J connectivity index is 1.56. The summed E-state index contributed by atoms with van der Waals surface area (Å²) < 4.78 is 1.12. The topological polar surface area (TPSA) is 27.3 Å². The van der Waals surface area contributed by atoms with Gasteiger partial charge in [0.25, 0.3) is 0 Å². The summed E-state index contributed by atoms with van der Waals surface area (Å²) in [6.07, 6.45) is 4.65. The van der Waals surface area contributed by atoms with E-state index in [4.69, 9.17) is 12.2 Å². The van der Waals surface area contributed by atoms with Crippen molar-refractivity contribution < 1.29 is 0 Å². The number of hydrogen-bond acceptors (Lipinski definition) is 2. The Morgan fingerprint density at radius 3 is 2.43 bits per heavy atom. The van der Waals surface area contributed by atoms with E-state index in [1.54, 1.807) is 0 Å². The van der Waals surface area contributed by atoms with E-state index >= 15 is 0 Å². The zero-order chi connectivity index (χ0) is 14.9. The number of thiocarbonyl (C=S) groups is 1. The van der Waals surface area contributed by atoms with Crippen molar-refractivity contribution in [2.45, 2.75) is 37.3 Å². The van der Waals surface area contributed by atoms with Crippen LogP contribution in [0.3, 0.4) is 0 Å².